The normalized spacial score (nSPS) is 18.5. The number of nitrogens with two attached hydrogens (primary N) is 1. The summed E-state index contributed by atoms with van der Waals surface area (Å²) in [7, 11) is -2.52. The highest BCUT2D eigenvalue weighted by atomic mass is 32.2. The highest BCUT2D eigenvalue weighted by Gasteiger charge is 2.30. The van der Waals surface area contributed by atoms with Crippen LogP contribution in [0.3, 0.4) is 0 Å². The number of hydrogen-bond donors (Lipinski definition) is 5. The van der Waals surface area contributed by atoms with E-state index in [9.17, 15) is 22.3 Å². The van der Waals surface area contributed by atoms with Crippen LogP contribution in [0.15, 0.2) is 41.3 Å². The van der Waals surface area contributed by atoms with Crippen molar-refractivity contribution in [2.45, 2.75) is 42.5 Å². The Bertz CT molecular complexity index is 1560. The van der Waals surface area contributed by atoms with Crippen LogP contribution in [0.4, 0.5) is 24.5 Å². The number of piperidine rings is 1. The predicted molar refractivity (Wildman–Crippen MR) is 158 cm³/mol. The number of nitrogens with one attached hydrogen (secondary N) is 2. The van der Waals surface area contributed by atoms with Gasteiger partial charge in [0.25, 0.3) is 0 Å². The number of fused-ring (bicyclic) bond motifs is 1. The highest BCUT2D eigenvalue weighted by Crippen LogP contribution is 2.38. The molecule has 3 unspecified atom stereocenters. The van der Waals surface area contributed by atoms with Crippen LogP contribution >= 0.6 is 11.3 Å². The molecule has 6 N–H and O–H groups in total. The molecule has 4 rings (SSSR count). The molecule has 1 saturated heterocycles. The molecule has 1 aliphatic rings. The molecule has 0 bridgehead atoms. The zero-order valence-electron chi connectivity index (χ0n) is 22.8. The number of methoxy groups -OCH3 is 1. The second-order valence-corrected chi connectivity index (χ2v) is 12.5. The number of primary sulfonamides is 1. The van der Waals surface area contributed by atoms with Gasteiger partial charge in [-0.25, -0.2) is 26.7 Å². The lowest BCUT2D eigenvalue weighted by Gasteiger charge is -2.36. The van der Waals surface area contributed by atoms with E-state index in [2.05, 4.69) is 22.5 Å². The first-order valence-electron chi connectivity index (χ1n) is 13.2. The van der Waals surface area contributed by atoms with Gasteiger partial charge < -0.3 is 25.6 Å². The molecule has 0 radical (unpaired) electrons. The van der Waals surface area contributed by atoms with Crippen molar-refractivity contribution >= 4 is 42.8 Å². The third-order valence-electron chi connectivity index (χ3n) is 6.89. The Labute approximate surface area is 246 Å². The van der Waals surface area contributed by atoms with Gasteiger partial charge in [0.05, 0.1) is 58.3 Å². The number of β-amino-alcohol motifs (C(OH)–C–C–N with tert-alkyl or cyclic N) is 1. The largest absolute Gasteiger partial charge is 0.495 e. The Morgan fingerprint density at radius 3 is 2.71 bits per heavy atom. The molecule has 1 aromatic heterocycles. The lowest BCUT2D eigenvalue weighted by Crippen LogP contribution is -2.50. The Morgan fingerprint density at radius 2 is 2.05 bits per heavy atom. The summed E-state index contributed by atoms with van der Waals surface area (Å²) in [6.45, 7) is 0.550. The summed E-state index contributed by atoms with van der Waals surface area (Å²) in [4.78, 5) is 2.14. The van der Waals surface area contributed by atoms with Crippen LogP contribution in [-0.2, 0) is 16.4 Å². The van der Waals surface area contributed by atoms with Crippen LogP contribution in [0.25, 0.3) is 10.1 Å². The predicted octanol–water partition coefficient (Wildman–Crippen LogP) is 3.01. The fourth-order valence-electron chi connectivity index (χ4n) is 4.85. The Balaban J connectivity index is 1.53. The molecule has 1 aliphatic heterocycles. The first kappa shape index (κ1) is 31.9. The summed E-state index contributed by atoms with van der Waals surface area (Å²) in [5, 5.41) is 30.8. The van der Waals surface area contributed by atoms with Gasteiger partial charge in [-0.05, 0) is 35.6 Å². The van der Waals surface area contributed by atoms with Gasteiger partial charge in [-0.15, -0.1) is 11.3 Å². The third-order valence-corrected chi connectivity index (χ3v) is 9.00. The van der Waals surface area contributed by atoms with Crippen molar-refractivity contribution in [1.29, 1.82) is 0 Å². The van der Waals surface area contributed by atoms with E-state index in [1.54, 1.807) is 23.1 Å². The van der Waals surface area contributed by atoms with Crippen molar-refractivity contribution in [1.82, 2.24) is 4.90 Å². The maximum absolute atomic E-state index is 15.1. The summed E-state index contributed by atoms with van der Waals surface area (Å²) in [5.74, 6) is 6.17. The number of likely N-dealkylation sites (tertiary alicyclic amines) is 1. The van der Waals surface area contributed by atoms with Crippen molar-refractivity contribution in [3.8, 4) is 17.6 Å². The van der Waals surface area contributed by atoms with Gasteiger partial charge in [-0.2, -0.15) is 0 Å². The number of alkyl halides is 3. The van der Waals surface area contributed by atoms with Crippen molar-refractivity contribution in [2.75, 3.05) is 50.5 Å². The van der Waals surface area contributed by atoms with Crippen LogP contribution in [0.1, 0.15) is 16.9 Å². The van der Waals surface area contributed by atoms with Crippen molar-refractivity contribution < 1.29 is 36.5 Å². The smallest absolute Gasteiger partial charge is 0.242 e. The summed E-state index contributed by atoms with van der Waals surface area (Å²) in [6, 6.07) is 8.89. The van der Waals surface area contributed by atoms with Crippen LogP contribution in [0.5, 0.6) is 5.75 Å². The first-order valence-corrected chi connectivity index (χ1v) is 15.5. The SMILES string of the molecule is COc1cc(S(N)(=O)=O)ccc1NCC#Cc1sc2c(NC3CCN(CC(O)CO)CC3F)cccc2c1CC(F)F. The topological polar surface area (TPSA) is 137 Å². The average molecular weight is 627 g/mol. The molecule has 14 heteroatoms. The van der Waals surface area contributed by atoms with E-state index >= 15 is 4.39 Å². The second kappa shape index (κ2) is 13.9. The van der Waals surface area contributed by atoms with Gasteiger partial charge in [0.2, 0.25) is 16.4 Å². The molecule has 0 saturated carbocycles. The second-order valence-electron chi connectivity index (χ2n) is 9.90. The number of rotatable bonds is 11. The summed E-state index contributed by atoms with van der Waals surface area (Å²) in [5.41, 5.74) is 1.53. The average Bonchev–Trinajstić information content (AvgIpc) is 3.29. The van der Waals surface area contributed by atoms with Crippen LogP contribution in [0.2, 0.25) is 0 Å². The number of hydrogen-bond acceptors (Lipinski definition) is 9. The maximum Gasteiger partial charge on any atom is 0.242 e. The summed E-state index contributed by atoms with van der Waals surface area (Å²) >= 11 is 1.26. The number of halogens is 3. The highest BCUT2D eigenvalue weighted by molar-refractivity contribution is 7.89. The van der Waals surface area contributed by atoms with E-state index in [0.29, 0.717) is 44.9 Å². The van der Waals surface area contributed by atoms with Crippen molar-refractivity contribution in [2.24, 2.45) is 5.14 Å². The van der Waals surface area contributed by atoms with Crippen molar-refractivity contribution in [3.05, 3.63) is 46.8 Å². The molecule has 2 aromatic carbocycles. The number of sulfonamides is 1. The number of nitrogens with zero attached hydrogens (tertiary/aromatic N) is 1. The quantitative estimate of drug-likeness (QED) is 0.205. The molecule has 9 nitrogen and oxygen atoms in total. The molecule has 0 aliphatic carbocycles. The molecule has 3 atom stereocenters. The van der Waals surface area contributed by atoms with Gasteiger partial charge in [0.1, 0.15) is 11.9 Å². The van der Waals surface area contributed by atoms with Crippen molar-refractivity contribution in [3.63, 3.8) is 0 Å². The maximum atomic E-state index is 15.1. The van der Waals surface area contributed by atoms with E-state index in [0.717, 1.165) is 0 Å². The molecule has 0 amide bonds. The Hall–Kier alpha value is -3.06. The fraction of sp³-hybridized carbons (Fsp3) is 0.429. The first-order chi connectivity index (χ1) is 20.0. The van der Waals surface area contributed by atoms with E-state index in [1.165, 1.54) is 36.6 Å². The van der Waals surface area contributed by atoms with E-state index in [-0.39, 0.29) is 36.9 Å². The molecular weight excluding hydrogens is 593 g/mol. The minimum atomic E-state index is -3.91. The minimum absolute atomic E-state index is 0.102. The van der Waals surface area contributed by atoms with E-state index in [1.807, 2.05) is 0 Å². The van der Waals surface area contributed by atoms with Gasteiger partial charge in [-0.1, -0.05) is 24.0 Å². The summed E-state index contributed by atoms with van der Waals surface area (Å²) in [6.07, 6.45) is -4.77. The number of anilines is 2. The molecule has 1 fully saturated rings. The van der Waals surface area contributed by atoms with Gasteiger partial charge >= 0.3 is 0 Å². The Kier molecular flexibility index (Phi) is 10.6. The van der Waals surface area contributed by atoms with Gasteiger partial charge in [0, 0.05) is 32.1 Å². The number of aliphatic hydroxyl groups is 2. The fourth-order valence-corrected chi connectivity index (χ4v) is 6.56. The van der Waals surface area contributed by atoms with Crippen LogP contribution in [0, 0.1) is 11.8 Å². The molecule has 0 spiro atoms. The minimum Gasteiger partial charge on any atom is -0.495 e. The van der Waals surface area contributed by atoms with E-state index in [4.69, 9.17) is 15.0 Å². The molecular formula is C28H33F3N4O5S2. The lowest BCUT2D eigenvalue weighted by atomic mass is 10.0. The monoisotopic (exact) mass is 626 g/mol. The standard InChI is InChI=1S/C28H33F3N4O5S2/c1-40-25-12-18(42(32,38)39)7-8-23(25)33-10-3-6-26-20(13-27(30)31)19-4-2-5-24(28(19)41-26)34-22-9-11-35(15-21(22)29)14-17(37)16-36/h2,4-5,7-8,12,17,21-22,27,33-34,36-37H,9-11,13-16H2,1H3,(H2,32,38,39). The molecule has 42 heavy (non-hydrogen) atoms. The zero-order chi connectivity index (χ0) is 30.4. The Morgan fingerprint density at radius 1 is 1.26 bits per heavy atom. The number of thiophene rings is 1. The molecule has 3 aromatic rings. The number of benzene rings is 2. The van der Waals surface area contributed by atoms with Gasteiger partial charge in [-0.3, -0.25) is 4.90 Å². The van der Waals surface area contributed by atoms with Crippen LogP contribution in [-0.4, -0.2) is 88.2 Å². The van der Waals surface area contributed by atoms with E-state index < -0.39 is 41.2 Å². The van der Waals surface area contributed by atoms with Gasteiger partial charge in [0.15, 0.2) is 0 Å². The number of ether oxygens (including phenoxy) is 1. The zero-order valence-corrected chi connectivity index (χ0v) is 24.5. The molecule has 2 heterocycles. The number of aliphatic hydroxyl groups excluding tert-OH is 2. The lowest BCUT2D eigenvalue weighted by molar-refractivity contribution is 0.0365. The molecule has 228 valence electrons. The van der Waals surface area contributed by atoms with Crippen LogP contribution < -0.4 is 20.5 Å². The third kappa shape index (κ3) is 7.85. The summed E-state index contributed by atoms with van der Waals surface area (Å²) < 4.78 is 71.4.